The van der Waals surface area contributed by atoms with Crippen LogP contribution in [0, 0.1) is 5.41 Å². The lowest BCUT2D eigenvalue weighted by molar-refractivity contribution is -0.156. The van der Waals surface area contributed by atoms with Gasteiger partial charge in [-0.1, -0.05) is 34.1 Å². The van der Waals surface area contributed by atoms with E-state index in [4.69, 9.17) is 4.74 Å². The lowest BCUT2D eigenvalue weighted by Gasteiger charge is -2.19. The van der Waals surface area contributed by atoms with Gasteiger partial charge in [0.15, 0.2) is 6.10 Å². The van der Waals surface area contributed by atoms with E-state index in [1.165, 1.54) is 0 Å². The fourth-order valence-corrected chi connectivity index (χ4v) is 0.775. The quantitative estimate of drug-likeness (QED) is 0.683. The lowest BCUT2D eigenvalue weighted by Crippen LogP contribution is -2.27. The van der Waals surface area contributed by atoms with Crippen molar-refractivity contribution in [2.45, 2.75) is 46.6 Å². The zero-order valence-electron chi connectivity index (χ0n) is 8.96. The van der Waals surface area contributed by atoms with Crippen LogP contribution < -0.4 is 0 Å². The van der Waals surface area contributed by atoms with Crippen molar-refractivity contribution in [1.82, 2.24) is 0 Å². The zero-order valence-corrected chi connectivity index (χ0v) is 8.96. The van der Waals surface area contributed by atoms with Crippen molar-refractivity contribution in [2.75, 3.05) is 6.61 Å². The van der Waals surface area contributed by atoms with E-state index < -0.39 is 12.1 Å². The molecule has 1 unspecified atom stereocenters. The van der Waals surface area contributed by atoms with Gasteiger partial charge in [-0.2, -0.15) is 0 Å². The molecule has 0 aliphatic rings. The molecule has 0 radical (unpaired) electrons. The van der Waals surface area contributed by atoms with Gasteiger partial charge in [0.2, 0.25) is 0 Å². The number of carbonyl (C=O) groups is 1. The first-order valence-corrected chi connectivity index (χ1v) is 4.71. The van der Waals surface area contributed by atoms with Gasteiger partial charge in [-0.3, -0.25) is 0 Å². The van der Waals surface area contributed by atoms with E-state index in [0.29, 0.717) is 13.0 Å². The highest BCUT2D eigenvalue weighted by atomic mass is 16.5. The van der Waals surface area contributed by atoms with Crippen LogP contribution in [0.15, 0.2) is 0 Å². The van der Waals surface area contributed by atoms with E-state index in [1.807, 2.05) is 27.7 Å². The number of ether oxygens (including phenoxy) is 1. The fourth-order valence-electron chi connectivity index (χ4n) is 0.775. The Balaban J connectivity index is 3.74. The minimum absolute atomic E-state index is 0.0401. The van der Waals surface area contributed by atoms with Crippen LogP contribution in [0.4, 0.5) is 0 Å². The van der Waals surface area contributed by atoms with E-state index in [1.54, 1.807) is 0 Å². The average molecular weight is 188 g/mol. The highest BCUT2D eigenvalue weighted by molar-refractivity contribution is 5.74. The molecule has 0 heterocycles. The Kier molecular flexibility index (Phi) is 4.99. The van der Waals surface area contributed by atoms with Gasteiger partial charge in [-0.15, -0.1) is 0 Å². The summed E-state index contributed by atoms with van der Waals surface area (Å²) >= 11 is 0. The molecule has 1 atom stereocenters. The number of esters is 1. The fraction of sp³-hybridized carbons (Fsp3) is 0.900. The van der Waals surface area contributed by atoms with Crippen LogP contribution in [0.3, 0.4) is 0 Å². The van der Waals surface area contributed by atoms with E-state index in [0.717, 1.165) is 6.42 Å². The highest BCUT2D eigenvalue weighted by Crippen LogP contribution is 2.13. The number of rotatable bonds is 4. The first-order chi connectivity index (χ1) is 5.87. The number of aliphatic hydroxyl groups excluding tert-OH is 1. The molecule has 0 aliphatic carbocycles. The largest absolute Gasteiger partial charge is 0.463 e. The van der Waals surface area contributed by atoms with Crippen molar-refractivity contribution in [2.24, 2.45) is 5.41 Å². The highest BCUT2D eigenvalue weighted by Gasteiger charge is 2.18. The van der Waals surface area contributed by atoms with Crippen molar-refractivity contribution >= 4 is 5.97 Å². The molecule has 3 nitrogen and oxygen atoms in total. The summed E-state index contributed by atoms with van der Waals surface area (Å²) in [6.45, 7) is 8.21. The van der Waals surface area contributed by atoms with Crippen molar-refractivity contribution in [3.63, 3.8) is 0 Å². The Hall–Kier alpha value is -0.570. The number of hydrogen-bond acceptors (Lipinski definition) is 3. The molecule has 78 valence electrons. The predicted octanol–water partition coefficient (Wildman–Crippen LogP) is 1.74. The van der Waals surface area contributed by atoms with Gasteiger partial charge in [-0.25, -0.2) is 4.79 Å². The molecule has 0 saturated carbocycles. The minimum Gasteiger partial charge on any atom is -0.463 e. The number of carbonyl (C=O) groups excluding carboxylic acids is 1. The van der Waals surface area contributed by atoms with Crippen molar-refractivity contribution in [1.29, 1.82) is 0 Å². The molecule has 0 aromatic carbocycles. The molecule has 1 N–H and O–H groups in total. The molecule has 0 aliphatic heterocycles. The summed E-state index contributed by atoms with van der Waals surface area (Å²) in [7, 11) is 0. The predicted molar refractivity (Wildman–Crippen MR) is 51.3 cm³/mol. The number of hydrogen-bond donors (Lipinski definition) is 1. The molecule has 0 aromatic heterocycles. The van der Waals surface area contributed by atoms with Crippen LogP contribution in [0.25, 0.3) is 0 Å². The summed E-state index contributed by atoms with van der Waals surface area (Å²) < 4.78 is 4.93. The number of aliphatic hydroxyl groups is 1. The molecular weight excluding hydrogens is 168 g/mol. The summed E-state index contributed by atoms with van der Waals surface area (Å²) in [4.78, 5) is 11.1. The second-order valence-corrected chi connectivity index (χ2v) is 4.47. The normalized spacial score (nSPS) is 13.9. The average Bonchev–Trinajstić information content (AvgIpc) is 1.99. The van der Waals surface area contributed by atoms with Crippen LogP contribution in [-0.2, 0) is 9.53 Å². The van der Waals surface area contributed by atoms with Gasteiger partial charge >= 0.3 is 5.97 Å². The SMILES string of the molecule is CCCC(O)C(=O)OCC(C)(C)C. The van der Waals surface area contributed by atoms with E-state index in [9.17, 15) is 9.90 Å². The summed E-state index contributed by atoms with van der Waals surface area (Å²) in [5, 5.41) is 9.24. The Bertz CT molecular complexity index is 158. The molecule has 0 rings (SSSR count). The molecule has 0 aromatic rings. The minimum atomic E-state index is -0.952. The maximum atomic E-state index is 11.1. The molecule has 0 saturated heterocycles. The third-order valence-corrected chi connectivity index (χ3v) is 1.48. The second kappa shape index (κ2) is 5.22. The van der Waals surface area contributed by atoms with Gasteiger partial charge in [0.1, 0.15) is 0 Å². The standard InChI is InChI=1S/C10H20O3/c1-5-6-8(11)9(12)13-7-10(2,3)4/h8,11H,5-7H2,1-4H3. The third-order valence-electron chi connectivity index (χ3n) is 1.48. The first kappa shape index (κ1) is 12.4. The van der Waals surface area contributed by atoms with Crippen LogP contribution >= 0.6 is 0 Å². The van der Waals surface area contributed by atoms with E-state index in [2.05, 4.69) is 0 Å². The van der Waals surface area contributed by atoms with Crippen LogP contribution in [0.2, 0.25) is 0 Å². The molecule has 13 heavy (non-hydrogen) atoms. The van der Waals surface area contributed by atoms with Gasteiger partial charge < -0.3 is 9.84 Å². The molecule has 0 bridgehead atoms. The van der Waals surface area contributed by atoms with Gasteiger partial charge in [0.25, 0.3) is 0 Å². The summed E-state index contributed by atoms with van der Waals surface area (Å²) in [6, 6.07) is 0. The molecular formula is C10H20O3. The van der Waals surface area contributed by atoms with Crippen molar-refractivity contribution in [3.05, 3.63) is 0 Å². The van der Waals surface area contributed by atoms with Crippen molar-refractivity contribution in [3.8, 4) is 0 Å². The smallest absolute Gasteiger partial charge is 0.334 e. The summed E-state index contributed by atoms with van der Waals surface area (Å²) in [5.41, 5.74) is -0.0401. The second-order valence-electron chi connectivity index (χ2n) is 4.47. The van der Waals surface area contributed by atoms with E-state index in [-0.39, 0.29) is 5.41 Å². The van der Waals surface area contributed by atoms with E-state index >= 15 is 0 Å². The lowest BCUT2D eigenvalue weighted by atomic mass is 9.99. The summed E-state index contributed by atoms with van der Waals surface area (Å²) in [6.07, 6.45) is 0.307. The molecule has 0 spiro atoms. The van der Waals surface area contributed by atoms with Crippen molar-refractivity contribution < 1.29 is 14.6 Å². The van der Waals surface area contributed by atoms with Gasteiger partial charge in [0.05, 0.1) is 6.61 Å². The molecule has 0 amide bonds. The Labute approximate surface area is 80.1 Å². The molecule has 3 heteroatoms. The maximum Gasteiger partial charge on any atom is 0.334 e. The summed E-state index contributed by atoms with van der Waals surface area (Å²) in [5.74, 6) is -0.503. The van der Waals surface area contributed by atoms with Crippen LogP contribution in [0.1, 0.15) is 40.5 Å². The monoisotopic (exact) mass is 188 g/mol. The zero-order chi connectivity index (χ0) is 10.5. The van der Waals surface area contributed by atoms with Crippen LogP contribution in [-0.4, -0.2) is 23.8 Å². The van der Waals surface area contributed by atoms with Gasteiger partial charge in [-0.05, 0) is 11.8 Å². The molecule has 0 fully saturated rings. The Morgan fingerprint density at radius 1 is 1.46 bits per heavy atom. The first-order valence-electron chi connectivity index (χ1n) is 4.71. The third kappa shape index (κ3) is 6.58. The van der Waals surface area contributed by atoms with Crippen LogP contribution in [0.5, 0.6) is 0 Å². The maximum absolute atomic E-state index is 11.1. The Morgan fingerprint density at radius 2 is 2.00 bits per heavy atom. The Morgan fingerprint density at radius 3 is 2.38 bits per heavy atom. The topological polar surface area (TPSA) is 46.5 Å². The van der Waals surface area contributed by atoms with Gasteiger partial charge in [0, 0.05) is 0 Å².